The zero-order valence-corrected chi connectivity index (χ0v) is 15.8. The second-order valence-electron chi connectivity index (χ2n) is 6.93. The Hall–Kier alpha value is -4.33. The predicted molar refractivity (Wildman–Crippen MR) is 114 cm³/mol. The van der Waals surface area contributed by atoms with Crippen molar-refractivity contribution in [3.63, 3.8) is 0 Å². The molecular weight excluding hydrogens is 382 g/mol. The van der Waals surface area contributed by atoms with Gasteiger partial charge in [0, 0.05) is 16.7 Å². The van der Waals surface area contributed by atoms with E-state index >= 15 is 0 Å². The number of H-pyrrole nitrogens is 1. The van der Waals surface area contributed by atoms with Crippen LogP contribution in [0.1, 0.15) is 11.1 Å². The van der Waals surface area contributed by atoms with Crippen molar-refractivity contribution in [2.75, 3.05) is 0 Å². The van der Waals surface area contributed by atoms with Gasteiger partial charge in [0.15, 0.2) is 0 Å². The Bertz CT molecular complexity index is 1310. The maximum absolute atomic E-state index is 11.2. The molecule has 0 bridgehead atoms. The van der Waals surface area contributed by atoms with E-state index in [0.717, 1.165) is 0 Å². The minimum Gasteiger partial charge on any atom is -0.507 e. The molecule has 0 spiro atoms. The van der Waals surface area contributed by atoms with E-state index in [-0.39, 0.29) is 23.8 Å². The topological polar surface area (TPSA) is 162 Å². The van der Waals surface area contributed by atoms with Crippen LogP contribution in [0.5, 0.6) is 11.5 Å². The van der Waals surface area contributed by atoms with E-state index in [0.29, 0.717) is 44.7 Å². The van der Waals surface area contributed by atoms with Crippen molar-refractivity contribution in [1.29, 1.82) is 5.41 Å². The Morgan fingerprint density at radius 1 is 1.00 bits per heavy atom. The number of fused-ring (bicyclic) bond motifs is 1. The second-order valence-corrected chi connectivity index (χ2v) is 6.93. The molecule has 1 amide bonds. The molecule has 0 saturated carbocycles. The van der Waals surface area contributed by atoms with E-state index in [4.69, 9.17) is 16.9 Å². The van der Waals surface area contributed by atoms with Gasteiger partial charge in [0.2, 0.25) is 5.91 Å². The number of primary amides is 1. The third kappa shape index (κ3) is 3.42. The summed E-state index contributed by atoms with van der Waals surface area (Å²) in [7, 11) is 0. The van der Waals surface area contributed by atoms with Crippen LogP contribution < -0.4 is 11.5 Å². The molecule has 0 aliphatic rings. The molecule has 150 valence electrons. The van der Waals surface area contributed by atoms with Crippen LogP contribution in [-0.2, 0) is 11.2 Å². The lowest BCUT2D eigenvalue weighted by Gasteiger charge is -2.11. The molecule has 0 unspecified atom stereocenters. The maximum Gasteiger partial charge on any atom is 0.221 e. The number of hydrogen-bond acceptors (Lipinski definition) is 5. The number of carbonyl (C=O) groups is 1. The van der Waals surface area contributed by atoms with E-state index in [1.807, 2.05) is 0 Å². The number of rotatable bonds is 5. The average Bonchev–Trinajstić information content (AvgIpc) is 3.12. The number of aromatic hydroxyl groups is 2. The zero-order valence-electron chi connectivity index (χ0n) is 15.8. The quantitative estimate of drug-likeness (QED) is 0.223. The predicted octanol–water partition coefficient (Wildman–Crippen LogP) is 2.62. The fraction of sp³-hybridized carbons (Fsp3) is 0.0455. The Kier molecular flexibility index (Phi) is 4.59. The lowest BCUT2D eigenvalue weighted by Crippen LogP contribution is -2.13. The van der Waals surface area contributed by atoms with Crippen molar-refractivity contribution in [2.45, 2.75) is 6.42 Å². The lowest BCUT2D eigenvalue weighted by molar-refractivity contribution is -0.117. The number of phenols is 2. The highest BCUT2D eigenvalue weighted by atomic mass is 16.3. The molecule has 0 aliphatic carbocycles. The molecular formula is C22H19N5O3. The molecule has 4 rings (SSSR count). The molecule has 0 aliphatic heterocycles. The van der Waals surface area contributed by atoms with Crippen LogP contribution in [0.15, 0.2) is 54.6 Å². The van der Waals surface area contributed by atoms with Crippen molar-refractivity contribution in [1.82, 2.24) is 9.97 Å². The number of phenolic OH excluding ortho intramolecular Hbond substituents is 2. The van der Waals surface area contributed by atoms with Gasteiger partial charge in [-0.25, -0.2) is 4.98 Å². The Morgan fingerprint density at radius 2 is 1.77 bits per heavy atom. The van der Waals surface area contributed by atoms with Crippen LogP contribution >= 0.6 is 0 Å². The number of benzene rings is 3. The minimum absolute atomic E-state index is 0.0236. The van der Waals surface area contributed by atoms with E-state index < -0.39 is 5.91 Å². The minimum atomic E-state index is -0.489. The summed E-state index contributed by atoms with van der Waals surface area (Å²) in [6.45, 7) is 0. The van der Waals surface area contributed by atoms with E-state index in [1.54, 1.807) is 48.5 Å². The highest BCUT2D eigenvalue weighted by Crippen LogP contribution is 2.41. The molecule has 1 aromatic heterocycles. The molecule has 4 aromatic rings. The van der Waals surface area contributed by atoms with Crippen LogP contribution in [0, 0.1) is 5.41 Å². The fourth-order valence-corrected chi connectivity index (χ4v) is 3.37. The summed E-state index contributed by atoms with van der Waals surface area (Å²) in [5.41, 5.74) is 14.5. The molecule has 1 heterocycles. The van der Waals surface area contributed by atoms with E-state index in [1.165, 1.54) is 6.07 Å². The molecule has 3 aromatic carbocycles. The van der Waals surface area contributed by atoms with Gasteiger partial charge in [-0.15, -0.1) is 0 Å². The van der Waals surface area contributed by atoms with Gasteiger partial charge < -0.3 is 26.7 Å². The van der Waals surface area contributed by atoms with Crippen LogP contribution in [0.25, 0.3) is 33.5 Å². The molecule has 0 radical (unpaired) electrons. The van der Waals surface area contributed by atoms with Gasteiger partial charge in [-0.05, 0) is 42.0 Å². The largest absolute Gasteiger partial charge is 0.507 e. The summed E-state index contributed by atoms with van der Waals surface area (Å²) in [5.74, 6) is -0.222. The number of imidazole rings is 1. The van der Waals surface area contributed by atoms with Crippen molar-refractivity contribution in [3.8, 4) is 34.0 Å². The number of amides is 1. The van der Waals surface area contributed by atoms with Crippen LogP contribution in [0.3, 0.4) is 0 Å². The number of hydrogen-bond donors (Lipinski definition) is 6. The first kappa shape index (κ1) is 19.0. The van der Waals surface area contributed by atoms with Crippen molar-refractivity contribution in [3.05, 3.63) is 65.7 Å². The van der Waals surface area contributed by atoms with Gasteiger partial charge in [0.25, 0.3) is 0 Å². The zero-order chi connectivity index (χ0) is 21.4. The van der Waals surface area contributed by atoms with Crippen LogP contribution in [0.2, 0.25) is 0 Å². The standard InChI is InChI=1S/C22H19N5O3/c23-19(29)9-11-4-7-18(28)15(8-11)13-2-1-3-14(20(13)30)22-26-16-6-5-12(21(24)25)10-17(16)27-22/h1-8,10,28,30H,9H2,(H2,23,29)(H3,24,25)(H,26,27). The number of nitrogens with one attached hydrogen (secondary N) is 2. The normalized spacial score (nSPS) is 10.9. The first-order chi connectivity index (χ1) is 14.3. The van der Waals surface area contributed by atoms with Gasteiger partial charge in [0.1, 0.15) is 23.2 Å². The third-order valence-electron chi connectivity index (χ3n) is 4.81. The van der Waals surface area contributed by atoms with Gasteiger partial charge >= 0.3 is 0 Å². The number of aromatic nitrogens is 2. The number of nitrogens with two attached hydrogens (primary N) is 2. The number of para-hydroxylation sites is 1. The molecule has 8 N–H and O–H groups in total. The SMILES string of the molecule is N=C(N)c1ccc2nc(-c3cccc(-c4cc(CC(N)=O)ccc4O)c3O)[nH]c2c1. The molecule has 0 atom stereocenters. The summed E-state index contributed by atoms with van der Waals surface area (Å²) in [5, 5.41) is 28.8. The highest BCUT2D eigenvalue weighted by molar-refractivity contribution is 5.98. The Balaban J connectivity index is 1.82. The van der Waals surface area contributed by atoms with E-state index in [9.17, 15) is 15.0 Å². The molecule has 8 nitrogen and oxygen atoms in total. The summed E-state index contributed by atoms with van der Waals surface area (Å²) in [6.07, 6.45) is 0.0236. The lowest BCUT2D eigenvalue weighted by atomic mass is 9.97. The van der Waals surface area contributed by atoms with Gasteiger partial charge in [-0.3, -0.25) is 10.2 Å². The summed E-state index contributed by atoms with van der Waals surface area (Å²) < 4.78 is 0. The smallest absolute Gasteiger partial charge is 0.221 e. The van der Waals surface area contributed by atoms with Crippen LogP contribution in [0.4, 0.5) is 0 Å². The monoisotopic (exact) mass is 401 g/mol. The Labute approximate surface area is 171 Å². The summed E-state index contributed by atoms with van der Waals surface area (Å²) in [6, 6.07) is 15.0. The van der Waals surface area contributed by atoms with Crippen molar-refractivity contribution < 1.29 is 15.0 Å². The number of amidine groups is 1. The Morgan fingerprint density at radius 3 is 2.50 bits per heavy atom. The summed E-state index contributed by atoms with van der Waals surface area (Å²) in [4.78, 5) is 18.9. The second kappa shape index (κ2) is 7.25. The van der Waals surface area contributed by atoms with Crippen molar-refractivity contribution >= 4 is 22.8 Å². The van der Waals surface area contributed by atoms with E-state index in [2.05, 4.69) is 9.97 Å². The number of nitrogens with zero attached hydrogens (tertiary/aromatic N) is 1. The average molecular weight is 401 g/mol. The van der Waals surface area contributed by atoms with Gasteiger partial charge in [-0.1, -0.05) is 18.2 Å². The first-order valence-electron chi connectivity index (χ1n) is 9.10. The van der Waals surface area contributed by atoms with Gasteiger partial charge in [-0.2, -0.15) is 0 Å². The van der Waals surface area contributed by atoms with Crippen molar-refractivity contribution in [2.24, 2.45) is 11.5 Å². The highest BCUT2D eigenvalue weighted by Gasteiger charge is 2.17. The summed E-state index contributed by atoms with van der Waals surface area (Å²) >= 11 is 0. The van der Waals surface area contributed by atoms with Gasteiger partial charge in [0.05, 0.1) is 23.0 Å². The number of carbonyl (C=O) groups excluding carboxylic acids is 1. The fourth-order valence-electron chi connectivity index (χ4n) is 3.37. The molecule has 8 heteroatoms. The maximum atomic E-state index is 11.2. The van der Waals surface area contributed by atoms with Crippen LogP contribution in [-0.4, -0.2) is 31.9 Å². The number of aromatic amines is 1. The molecule has 30 heavy (non-hydrogen) atoms. The first-order valence-corrected chi connectivity index (χ1v) is 9.10. The molecule has 0 fully saturated rings. The molecule has 0 saturated heterocycles. The third-order valence-corrected chi connectivity index (χ3v) is 4.81. The number of nitrogen functional groups attached to an aromatic ring is 1.